The molecule has 7 aromatic rings. The number of benzene rings is 7. The highest BCUT2D eigenvalue weighted by Gasteiger charge is 2.41. The number of carbonyl (C=O) groups is 4. The van der Waals surface area contributed by atoms with E-state index in [0.717, 1.165) is 38.9 Å². The fourth-order valence-corrected chi connectivity index (χ4v) is 7.13. The third kappa shape index (κ3) is 12.9. The largest absolute Gasteiger partial charge is 0.490 e. The van der Waals surface area contributed by atoms with Gasteiger partial charge in [0.1, 0.15) is 36.2 Å². The summed E-state index contributed by atoms with van der Waals surface area (Å²) in [6, 6.07) is 55.2. The number of hydrogen-bond donors (Lipinski definition) is 0. The molecule has 12 heteroatoms. The van der Waals surface area contributed by atoms with Gasteiger partial charge in [-0.05, 0) is 138 Å². The number of nitrogens with zero attached hydrogens (tertiary/aromatic N) is 3. The summed E-state index contributed by atoms with van der Waals surface area (Å²) in [6.07, 6.45) is -1.38. The summed E-state index contributed by atoms with van der Waals surface area (Å²) in [5, 5.41) is 28.7. The summed E-state index contributed by atoms with van der Waals surface area (Å²) in [6.45, 7) is 1.62. The predicted molar refractivity (Wildman–Crippen MR) is 255 cm³/mol. The van der Waals surface area contributed by atoms with Crippen molar-refractivity contribution in [1.82, 2.24) is 0 Å². The molecule has 0 heterocycles. The number of ether oxygens (including phenoxy) is 5. The molecule has 0 N–H and O–H groups in total. The summed E-state index contributed by atoms with van der Waals surface area (Å²) >= 11 is 0. The third-order valence-electron chi connectivity index (χ3n) is 11.1. The van der Waals surface area contributed by atoms with Crippen LogP contribution in [-0.4, -0.2) is 37.1 Å². The first-order chi connectivity index (χ1) is 33.5. The maximum absolute atomic E-state index is 13.8. The lowest BCUT2D eigenvalue weighted by atomic mass is 9.80. The van der Waals surface area contributed by atoms with Crippen LogP contribution in [-0.2, 0) is 19.1 Å². The van der Waals surface area contributed by atoms with Gasteiger partial charge in [0.2, 0.25) is 0 Å². The van der Waals surface area contributed by atoms with E-state index in [-0.39, 0.29) is 56.0 Å². The second-order valence-corrected chi connectivity index (χ2v) is 15.9. The number of carbonyl (C=O) groups excluding carboxylic acids is 4. The van der Waals surface area contributed by atoms with Gasteiger partial charge in [0.15, 0.2) is 5.41 Å². The highest BCUT2D eigenvalue weighted by molar-refractivity contribution is 5.91. The van der Waals surface area contributed by atoms with Gasteiger partial charge in [0.05, 0.1) is 34.9 Å². The van der Waals surface area contributed by atoms with Crippen LogP contribution in [0, 0.1) is 46.3 Å². The molecule has 0 atom stereocenters. The monoisotopic (exact) mass is 913 g/mol. The molecule has 7 aromatic carbocycles. The summed E-state index contributed by atoms with van der Waals surface area (Å²) in [5.74, 6) is -1.72. The van der Waals surface area contributed by atoms with Gasteiger partial charge in [-0.2, -0.15) is 15.8 Å². The van der Waals surface area contributed by atoms with Gasteiger partial charge >= 0.3 is 23.9 Å². The normalized spacial score (nSPS) is 10.6. The van der Waals surface area contributed by atoms with E-state index in [1.807, 2.05) is 73.7 Å². The zero-order valence-electron chi connectivity index (χ0n) is 37.4. The molecule has 0 aliphatic rings. The number of aryl methyl sites for hydroxylation is 1. The first-order valence-corrected chi connectivity index (χ1v) is 21.9. The molecule has 0 aliphatic carbocycles. The number of esters is 4. The molecule has 0 spiro atoms. The first kappa shape index (κ1) is 47.6. The van der Waals surface area contributed by atoms with Crippen LogP contribution in [0.25, 0.3) is 33.4 Å². The molecule has 340 valence electrons. The average molecular weight is 914 g/mol. The smallest absolute Gasteiger partial charge is 0.343 e. The fraction of sp³-hybridized carbons (Fsp3) is 0.140. The van der Waals surface area contributed by atoms with Crippen LogP contribution in [0.3, 0.4) is 0 Å². The Hall–Kier alpha value is -9.31. The average Bonchev–Trinajstić information content (AvgIpc) is 3.39. The highest BCUT2D eigenvalue weighted by atomic mass is 16.6. The van der Waals surface area contributed by atoms with E-state index >= 15 is 0 Å². The fourth-order valence-electron chi connectivity index (χ4n) is 7.13. The summed E-state index contributed by atoms with van der Waals surface area (Å²) in [5.41, 5.74) is 5.97. The summed E-state index contributed by atoms with van der Waals surface area (Å²) < 4.78 is 27.9. The van der Waals surface area contributed by atoms with Gasteiger partial charge in [-0.15, -0.1) is 0 Å². The summed E-state index contributed by atoms with van der Waals surface area (Å²) in [4.78, 5) is 52.9. The molecule has 0 saturated carbocycles. The lowest BCUT2D eigenvalue weighted by Gasteiger charge is -2.24. The SMILES string of the molecule is Cc1ccc(-c2ccc(OC(=O)c3ccc(OCCOC(=O)C(C#N)(CCC(=O)Oc4ccc(-c5ccc(C#N)cc5)cc4)CCC(=O)Oc4ccc(-c5ccc(C#N)cc5)cc4)cc3)cc2)cc1. The van der Waals surface area contributed by atoms with Crippen molar-refractivity contribution in [3.8, 4) is 74.6 Å². The van der Waals surface area contributed by atoms with Crippen molar-refractivity contribution in [3.05, 3.63) is 192 Å². The molecule has 0 bridgehead atoms. The molecular weight excluding hydrogens is 871 g/mol. The Bertz CT molecular complexity index is 2920. The van der Waals surface area contributed by atoms with E-state index in [4.69, 9.17) is 34.2 Å². The van der Waals surface area contributed by atoms with Crippen LogP contribution in [0.1, 0.15) is 52.7 Å². The standard InChI is InChI=1S/C57H43N3O9/c1-39-2-8-42(9-3-39)45-18-28-52(29-19-45)69-55(63)48-20-22-49(23-21-48)65-34-35-66-56(64)57(38-60,32-30-53(61)67-50-24-14-46(15-25-50)43-10-4-40(36-58)5-11-43)33-31-54(62)68-51-26-16-47(17-27-51)44-12-6-41(37-59)7-13-44/h2-29H,30-35H2,1H3. The minimum Gasteiger partial charge on any atom is -0.490 e. The van der Waals surface area contributed by atoms with Crippen molar-refractivity contribution in [3.63, 3.8) is 0 Å². The number of rotatable bonds is 18. The van der Waals surface area contributed by atoms with Crippen LogP contribution in [0.15, 0.2) is 170 Å². The molecule has 12 nitrogen and oxygen atoms in total. The van der Waals surface area contributed by atoms with Crippen molar-refractivity contribution in [2.75, 3.05) is 13.2 Å². The van der Waals surface area contributed by atoms with Gasteiger partial charge in [0, 0.05) is 12.8 Å². The van der Waals surface area contributed by atoms with Crippen molar-refractivity contribution in [1.29, 1.82) is 15.8 Å². The van der Waals surface area contributed by atoms with Crippen molar-refractivity contribution < 1.29 is 42.9 Å². The van der Waals surface area contributed by atoms with Crippen molar-refractivity contribution >= 4 is 23.9 Å². The maximum Gasteiger partial charge on any atom is 0.343 e. The quantitative estimate of drug-likeness (QED) is 0.0451. The minimum absolute atomic E-state index is 0.120. The zero-order valence-corrected chi connectivity index (χ0v) is 37.4. The molecule has 0 aliphatic heterocycles. The topological polar surface area (TPSA) is 186 Å². The first-order valence-electron chi connectivity index (χ1n) is 21.9. The minimum atomic E-state index is -1.94. The molecule has 0 aromatic heterocycles. The Kier molecular flexibility index (Phi) is 15.7. The molecule has 0 saturated heterocycles. The lowest BCUT2D eigenvalue weighted by Crippen LogP contribution is -2.34. The Morgan fingerprint density at radius 3 is 1.20 bits per heavy atom. The van der Waals surface area contributed by atoms with Gasteiger partial charge in [-0.25, -0.2) is 4.79 Å². The van der Waals surface area contributed by atoms with Crippen LogP contribution in [0.5, 0.6) is 23.0 Å². The van der Waals surface area contributed by atoms with Gasteiger partial charge < -0.3 is 23.7 Å². The Labute approximate surface area is 399 Å². The van der Waals surface area contributed by atoms with Crippen LogP contribution in [0.4, 0.5) is 0 Å². The Morgan fingerprint density at radius 2 is 0.812 bits per heavy atom. The Morgan fingerprint density at radius 1 is 0.449 bits per heavy atom. The highest BCUT2D eigenvalue weighted by Crippen LogP contribution is 2.33. The second-order valence-electron chi connectivity index (χ2n) is 15.9. The van der Waals surface area contributed by atoms with E-state index in [2.05, 4.69) is 12.1 Å². The van der Waals surface area contributed by atoms with Gasteiger partial charge in [0.25, 0.3) is 0 Å². The maximum atomic E-state index is 13.8. The van der Waals surface area contributed by atoms with Crippen molar-refractivity contribution in [2.45, 2.75) is 32.6 Å². The number of hydrogen-bond acceptors (Lipinski definition) is 12. The van der Waals surface area contributed by atoms with Crippen LogP contribution >= 0.6 is 0 Å². The zero-order chi connectivity index (χ0) is 48.6. The molecule has 0 radical (unpaired) electrons. The Balaban J connectivity index is 0.941. The molecule has 0 fully saturated rings. The number of nitriles is 3. The molecule has 7 rings (SSSR count). The van der Waals surface area contributed by atoms with Crippen LogP contribution < -0.4 is 18.9 Å². The lowest BCUT2D eigenvalue weighted by molar-refractivity contribution is -0.154. The molecule has 69 heavy (non-hydrogen) atoms. The molecule has 0 amide bonds. The molecule has 0 unspecified atom stereocenters. The third-order valence-corrected chi connectivity index (χ3v) is 11.1. The predicted octanol–water partition coefficient (Wildman–Crippen LogP) is 11.2. The van der Waals surface area contributed by atoms with E-state index < -0.39 is 29.3 Å². The molecular formula is C57H43N3O9. The van der Waals surface area contributed by atoms with E-state index in [0.29, 0.717) is 22.6 Å². The van der Waals surface area contributed by atoms with Gasteiger partial charge in [-0.3, -0.25) is 14.4 Å². The van der Waals surface area contributed by atoms with Crippen LogP contribution in [0.2, 0.25) is 0 Å². The van der Waals surface area contributed by atoms with E-state index in [9.17, 15) is 24.4 Å². The second kappa shape index (κ2) is 22.7. The van der Waals surface area contributed by atoms with Gasteiger partial charge in [-0.1, -0.05) is 90.5 Å². The van der Waals surface area contributed by atoms with E-state index in [1.165, 1.54) is 12.1 Å². The summed E-state index contributed by atoms with van der Waals surface area (Å²) in [7, 11) is 0. The van der Waals surface area contributed by atoms with E-state index in [1.54, 1.807) is 97.1 Å². The van der Waals surface area contributed by atoms with Crippen molar-refractivity contribution in [2.24, 2.45) is 5.41 Å².